The average Bonchev–Trinajstić information content (AvgIpc) is 4.01. The van der Waals surface area contributed by atoms with Crippen LogP contribution in [0.25, 0.3) is 126 Å². The van der Waals surface area contributed by atoms with E-state index in [2.05, 4.69) is 167 Å². The van der Waals surface area contributed by atoms with E-state index in [9.17, 15) is 0 Å². The van der Waals surface area contributed by atoms with Crippen LogP contribution in [0.4, 0.5) is 0 Å². The number of pyridine rings is 1. The van der Waals surface area contributed by atoms with Crippen LogP contribution in [0, 0.1) is 0 Å². The molecule has 13 aromatic rings. The van der Waals surface area contributed by atoms with Crippen molar-refractivity contribution < 1.29 is 4.42 Å². The lowest BCUT2D eigenvalue weighted by Gasteiger charge is -2.15. The Morgan fingerprint density at radius 1 is 0.410 bits per heavy atom. The summed E-state index contributed by atoms with van der Waals surface area (Å²) in [6.45, 7) is 0. The molecule has 13 rings (SSSR count). The van der Waals surface area contributed by atoms with Gasteiger partial charge in [0.15, 0.2) is 17.5 Å². The molecule has 0 fully saturated rings. The second-order valence-corrected chi connectivity index (χ2v) is 16.4. The highest BCUT2D eigenvalue weighted by Gasteiger charge is 2.22. The number of fused-ring (bicyclic) bond motifs is 10. The maximum Gasteiger partial charge on any atom is 0.227 e. The first-order valence-electron chi connectivity index (χ1n) is 20.3. The van der Waals surface area contributed by atoms with E-state index in [0.717, 1.165) is 60.3 Å². The minimum atomic E-state index is 0.533. The van der Waals surface area contributed by atoms with Crippen molar-refractivity contribution in [3.8, 4) is 51.0 Å². The molecule has 0 saturated heterocycles. The van der Waals surface area contributed by atoms with Crippen molar-refractivity contribution in [2.24, 2.45) is 0 Å². The van der Waals surface area contributed by atoms with E-state index in [1.807, 2.05) is 24.3 Å². The van der Waals surface area contributed by atoms with Gasteiger partial charge in [-0.15, -0.1) is 11.3 Å². The number of furan rings is 1. The van der Waals surface area contributed by atoms with Gasteiger partial charge in [0.25, 0.3) is 0 Å². The highest BCUT2D eigenvalue weighted by molar-refractivity contribution is 7.25. The van der Waals surface area contributed by atoms with Gasteiger partial charge in [-0.1, -0.05) is 133 Å². The summed E-state index contributed by atoms with van der Waals surface area (Å²) in [4.78, 5) is 20.5. The molecule has 0 aliphatic rings. The topological polar surface area (TPSA) is 69.6 Å². The molecule has 0 radical (unpaired) electrons. The number of thiophene rings is 1. The van der Waals surface area contributed by atoms with Crippen molar-refractivity contribution in [1.82, 2.24) is 24.5 Å². The van der Waals surface area contributed by atoms with Crippen molar-refractivity contribution in [1.29, 1.82) is 0 Å². The van der Waals surface area contributed by atoms with Gasteiger partial charge in [-0.05, 0) is 65.0 Å². The summed E-state index contributed by atoms with van der Waals surface area (Å²) < 4.78 is 11.3. The van der Waals surface area contributed by atoms with Crippen LogP contribution in [0.3, 0.4) is 0 Å². The van der Waals surface area contributed by atoms with Crippen molar-refractivity contribution in [3.05, 3.63) is 188 Å². The summed E-state index contributed by atoms with van der Waals surface area (Å²) in [6.07, 6.45) is 1.76. The zero-order chi connectivity index (χ0) is 40.0. The molecule has 0 atom stereocenters. The standard InChI is InChI=1S/C54H31N5OS/c1-2-13-32(14-3-1)33-28-29-37-36-15-4-6-24-44(36)59(46(37)31-33)45-25-10-17-34-35(45)18-8-20-39(34)51-56-52(42-21-11-27-48-49(42)41-16-5-7-26-47(41)61-48)58-53(57-51)43-22-9-19-38-40-23-12-30-55-54(40)60-50(38)43/h1-31H. The molecule has 0 spiro atoms. The second-order valence-electron chi connectivity index (χ2n) is 15.4. The quantitative estimate of drug-likeness (QED) is 0.173. The molecule has 284 valence electrons. The molecule has 0 bridgehead atoms. The molecule has 0 unspecified atom stereocenters. The Bertz CT molecular complexity index is 3900. The van der Waals surface area contributed by atoms with Gasteiger partial charge in [0.1, 0.15) is 5.58 Å². The van der Waals surface area contributed by atoms with Crippen molar-refractivity contribution in [2.75, 3.05) is 0 Å². The lowest BCUT2D eigenvalue weighted by molar-refractivity contribution is 0.654. The third-order valence-electron chi connectivity index (χ3n) is 12.0. The van der Waals surface area contributed by atoms with E-state index in [0.29, 0.717) is 28.8 Å². The van der Waals surface area contributed by atoms with Crippen LogP contribution in [-0.4, -0.2) is 24.5 Å². The first-order chi connectivity index (χ1) is 30.2. The Morgan fingerprint density at radius 2 is 1.05 bits per heavy atom. The number of benzene rings is 8. The molecule has 0 aliphatic carbocycles. The van der Waals surface area contributed by atoms with E-state index in [4.69, 9.17) is 19.4 Å². The summed E-state index contributed by atoms with van der Waals surface area (Å²) in [6, 6.07) is 64.1. The minimum Gasteiger partial charge on any atom is -0.437 e. The van der Waals surface area contributed by atoms with Gasteiger partial charge in [-0.2, -0.15) is 0 Å². The SMILES string of the molecule is c1ccc(-c2ccc3c4ccccc4n(-c4cccc5c(-c6nc(-c7cccc8c7oc7ncccc78)nc(-c7cccc8sc9ccccc9c78)n6)cccc45)c3c2)cc1. The Labute approximate surface area is 352 Å². The number of aromatic nitrogens is 5. The summed E-state index contributed by atoms with van der Waals surface area (Å²) in [5.74, 6) is 1.72. The Hall–Kier alpha value is -8.00. The van der Waals surface area contributed by atoms with Crippen LogP contribution in [0.15, 0.2) is 193 Å². The molecule has 0 amide bonds. The van der Waals surface area contributed by atoms with E-state index in [-0.39, 0.29) is 0 Å². The van der Waals surface area contributed by atoms with Crippen LogP contribution < -0.4 is 0 Å². The van der Waals surface area contributed by atoms with Crippen molar-refractivity contribution in [2.45, 2.75) is 0 Å². The predicted molar refractivity (Wildman–Crippen MR) is 251 cm³/mol. The van der Waals surface area contributed by atoms with Gasteiger partial charge in [-0.3, -0.25) is 0 Å². The van der Waals surface area contributed by atoms with Crippen LogP contribution in [0.1, 0.15) is 0 Å². The normalized spacial score (nSPS) is 11.9. The zero-order valence-corrected chi connectivity index (χ0v) is 33.3. The molecule has 61 heavy (non-hydrogen) atoms. The maximum absolute atomic E-state index is 6.47. The Morgan fingerprint density at radius 3 is 1.95 bits per heavy atom. The first-order valence-corrected chi connectivity index (χ1v) is 21.1. The number of rotatable bonds is 5. The van der Waals surface area contributed by atoms with Crippen LogP contribution >= 0.6 is 11.3 Å². The van der Waals surface area contributed by atoms with E-state index >= 15 is 0 Å². The van der Waals surface area contributed by atoms with Crippen LogP contribution in [0.5, 0.6) is 0 Å². The van der Waals surface area contributed by atoms with E-state index in [1.54, 1.807) is 17.5 Å². The molecule has 7 heteroatoms. The number of hydrogen-bond acceptors (Lipinski definition) is 6. The molecule has 0 N–H and O–H groups in total. The van der Waals surface area contributed by atoms with Gasteiger partial charge in [0.05, 0.1) is 22.3 Å². The largest absolute Gasteiger partial charge is 0.437 e. The third-order valence-corrected chi connectivity index (χ3v) is 13.1. The first kappa shape index (κ1) is 33.9. The fourth-order valence-electron chi connectivity index (χ4n) is 9.23. The Kier molecular flexibility index (Phi) is 7.37. The smallest absolute Gasteiger partial charge is 0.227 e. The lowest BCUT2D eigenvalue weighted by Crippen LogP contribution is -2.01. The molecule has 0 saturated carbocycles. The van der Waals surface area contributed by atoms with Crippen LogP contribution in [0.2, 0.25) is 0 Å². The summed E-state index contributed by atoms with van der Waals surface area (Å²) >= 11 is 1.78. The molecule has 0 aliphatic heterocycles. The average molecular weight is 798 g/mol. The fourth-order valence-corrected chi connectivity index (χ4v) is 10.4. The minimum absolute atomic E-state index is 0.533. The lowest BCUT2D eigenvalue weighted by atomic mass is 10.0. The number of para-hydroxylation sites is 2. The third kappa shape index (κ3) is 5.21. The van der Waals surface area contributed by atoms with Crippen molar-refractivity contribution >= 4 is 86.2 Å². The van der Waals surface area contributed by atoms with Gasteiger partial charge in [-0.25, -0.2) is 19.9 Å². The Balaban J connectivity index is 1.08. The predicted octanol–water partition coefficient (Wildman–Crippen LogP) is 14.5. The molecule has 5 aromatic heterocycles. The van der Waals surface area contributed by atoms with Gasteiger partial charge in [0.2, 0.25) is 5.71 Å². The highest BCUT2D eigenvalue weighted by Crippen LogP contribution is 2.42. The van der Waals surface area contributed by atoms with Gasteiger partial charge >= 0.3 is 0 Å². The van der Waals surface area contributed by atoms with E-state index < -0.39 is 0 Å². The molecule has 5 heterocycles. The molecule has 6 nitrogen and oxygen atoms in total. The van der Waals surface area contributed by atoms with Gasteiger partial charge in [0, 0.05) is 64.4 Å². The van der Waals surface area contributed by atoms with Gasteiger partial charge < -0.3 is 8.98 Å². The summed E-state index contributed by atoms with van der Waals surface area (Å²) in [5, 5.41) is 8.79. The fraction of sp³-hybridized carbons (Fsp3) is 0. The molecule has 8 aromatic carbocycles. The molecular formula is C54H31N5OS. The monoisotopic (exact) mass is 797 g/mol. The van der Waals surface area contributed by atoms with E-state index in [1.165, 1.54) is 36.7 Å². The number of nitrogens with zero attached hydrogens (tertiary/aromatic N) is 5. The van der Waals surface area contributed by atoms with Crippen LogP contribution in [-0.2, 0) is 0 Å². The summed E-state index contributed by atoms with van der Waals surface area (Å²) in [7, 11) is 0. The molecular weight excluding hydrogens is 767 g/mol. The zero-order valence-electron chi connectivity index (χ0n) is 32.5. The second kappa shape index (κ2) is 13.3. The number of hydrogen-bond donors (Lipinski definition) is 0. The summed E-state index contributed by atoms with van der Waals surface area (Å²) in [5.41, 5.74) is 9.66. The van der Waals surface area contributed by atoms with Crippen molar-refractivity contribution in [3.63, 3.8) is 0 Å². The maximum atomic E-state index is 6.47. The highest BCUT2D eigenvalue weighted by atomic mass is 32.1.